The molecule has 6 nitrogen and oxygen atoms in total. The van der Waals surface area contributed by atoms with Gasteiger partial charge in [0.25, 0.3) is 0 Å². The Hall–Kier alpha value is -2.86. The fourth-order valence-electron chi connectivity index (χ4n) is 3.64. The van der Waals surface area contributed by atoms with Crippen LogP contribution >= 0.6 is 0 Å². The first kappa shape index (κ1) is 14.5. The van der Waals surface area contributed by atoms with E-state index in [0.717, 1.165) is 54.0 Å². The number of rotatable bonds is 2. The summed E-state index contributed by atoms with van der Waals surface area (Å²) in [5.74, 6) is 1.03. The van der Waals surface area contributed by atoms with Gasteiger partial charge in [0.05, 0.1) is 12.3 Å². The first-order chi connectivity index (χ1) is 12.3. The molecule has 0 atom stereocenters. The van der Waals surface area contributed by atoms with Crippen LogP contribution < -0.4 is 4.90 Å². The lowest BCUT2D eigenvalue weighted by Gasteiger charge is -2.31. The Morgan fingerprint density at radius 3 is 2.88 bits per heavy atom. The molecule has 25 heavy (non-hydrogen) atoms. The first-order valence-electron chi connectivity index (χ1n) is 8.63. The molecule has 0 saturated carbocycles. The van der Waals surface area contributed by atoms with Crippen LogP contribution in [0.5, 0.6) is 0 Å². The van der Waals surface area contributed by atoms with Crippen molar-refractivity contribution in [3.63, 3.8) is 0 Å². The summed E-state index contributed by atoms with van der Waals surface area (Å²) in [4.78, 5) is 10.1. The van der Waals surface area contributed by atoms with Gasteiger partial charge in [0.2, 0.25) is 0 Å². The lowest BCUT2D eigenvalue weighted by atomic mass is 10.1. The fraction of sp³-hybridized carbons (Fsp3) is 0.263. The molecule has 4 aromatic rings. The van der Waals surface area contributed by atoms with Crippen LogP contribution in [0.15, 0.2) is 48.9 Å². The Bertz CT molecular complexity index is 1040. The van der Waals surface area contributed by atoms with Gasteiger partial charge in [0.1, 0.15) is 5.82 Å². The number of aliphatic hydroxyl groups is 1. The summed E-state index contributed by atoms with van der Waals surface area (Å²) in [5, 5.41) is 15.5. The maximum atomic E-state index is 9.74. The highest BCUT2D eigenvalue weighted by Gasteiger charge is 2.20. The van der Waals surface area contributed by atoms with Gasteiger partial charge in [-0.15, -0.1) is 0 Å². The highest BCUT2D eigenvalue weighted by molar-refractivity contribution is 5.88. The number of benzene rings is 1. The molecule has 4 heterocycles. The Morgan fingerprint density at radius 2 is 2.00 bits per heavy atom. The van der Waals surface area contributed by atoms with Gasteiger partial charge in [-0.25, -0.2) is 4.98 Å². The van der Waals surface area contributed by atoms with Gasteiger partial charge in [0, 0.05) is 36.6 Å². The van der Waals surface area contributed by atoms with E-state index in [2.05, 4.69) is 44.2 Å². The molecule has 0 aliphatic carbocycles. The first-order valence-corrected chi connectivity index (χ1v) is 8.63. The molecule has 6 heteroatoms. The summed E-state index contributed by atoms with van der Waals surface area (Å²) < 4.78 is 1.91. The van der Waals surface area contributed by atoms with E-state index in [1.54, 1.807) is 0 Å². The quantitative estimate of drug-likeness (QED) is 0.592. The Labute approximate surface area is 144 Å². The number of piperidine rings is 1. The molecule has 0 unspecified atom stereocenters. The second kappa shape index (κ2) is 5.60. The number of anilines is 1. The average molecular weight is 333 g/mol. The number of H-pyrrole nitrogens is 1. The third kappa shape index (κ3) is 2.37. The SMILES string of the molecule is OC1CCN(c2ccnc3c(-c4ccc5[nH]ccc5c4)cnn23)CC1. The van der Waals surface area contributed by atoms with Crippen LogP contribution in [0.2, 0.25) is 0 Å². The lowest BCUT2D eigenvalue weighted by Crippen LogP contribution is -2.36. The van der Waals surface area contributed by atoms with Crippen molar-refractivity contribution in [1.29, 1.82) is 0 Å². The monoisotopic (exact) mass is 333 g/mol. The smallest absolute Gasteiger partial charge is 0.165 e. The fourth-order valence-corrected chi connectivity index (χ4v) is 3.64. The predicted octanol–water partition coefficient (Wildman–Crippen LogP) is 2.84. The summed E-state index contributed by atoms with van der Waals surface area (Å²) in [6, 6.07) is 10.4. The van der Waals surface area contributed by atoms with Gasteiger partial charge in [-0.2, -0.15) is 9.61 Å². The molecule has 5 rings (SSSR count). The molecule has 0 amide bonds. The number of aromatic nitrogens is 4. The zero-order chi connectivity index (χ0) is 16.8. The van der Waals surface area contributed by atoms with E-state index in [9.17, 15) is 5.11 Å². The standard InChI is InChI=1S/C19H19N5O/c25-15-5-9-23(10-6-15)18-4-8-21-19-16(12-22-24(18)19)13-1-2-17-14(11-13)3-7-20-17/h1-4,7-8,11-12,15,20,25H,5-6,9-10H2. The predicted molar refractivity (Wildman–Crippen MR) is 97.7 cm³/mol. The molecule has 1 fully saturated rings. The average Bonchev–Trinajstić information content (AvgIpc) is 3.28. The van der Waals surface area contributed by atoms with Crippen LogP contribution in [0.1, 0.15) is 12.8 Å². The van der Waals surface area contributed by atoms with E-state index in [1.807, 2.05) is 29.2 Å². The molecule has 1 aliphatic heterocycles. The minimum atomic E-state index is -0.185. The topological polar surface area (TPSA) is 69.4 Å². The number of hydrogen-bond acceptors (Lipinski definition) is 4. The van der Waals surface area contributed by atoms with Gasteiger partial charge >= 0.3 is 0 Å². The summed E-state index contributed by atoms with van der Waals surface area (Å²) in [7, 11) is 0. The molecular weight excluding hydrogens is 314 g/mol. The summed E-state index contributed by atoms with van der Waals surface area (Å²) in [6.45, 7) is 1.68. The van der Waals surface area contributed by atoms with Crippen LogP contribution in [0.25, 0.3) is 27.7 Å². The van der Waals surface area contributed by atoms with Crippen molar-refractivity contribution >= 4 is 22.4 Å². The highest BCUT2D eigenvalue weighted by Crippen LogP contribution is 2.29. The van der Waals surface area contributed by atoms with E-state index < -0.39 is 0 Å². The number of aliphatic hydroxyl groups excluding tert-OH is 1. The molecular formula is C19H19N5O. The number of nitrogens with zero attached hydrogens (tertiary/aromatic N) is 4. The van der Waals surface area contributed by atoms with Crippen molar-refractivity contribution in [2.45, 2.75) is 18.9 Å². The number of nitrogens with one attached hydrogen (secondary N) is 1. The normalized spacial score (nSPS) is 16.1. The van der Waals surface area contributed by atoms with Crippen molar-refractivity contribution in [1.82, 2.24) is 19.6 Å². The molecule has 3 aromatic heterocycles. The maximum Gasteiger partial charge on any atom is 0.165 e. The molecule has 126 valence electrons. The van der Waals surface area contributed by atoms with Gasteiger partial charge in [-0.05, 0) is 48.1 Å². The molecule has 1 aromatic carbocycles. The third-order valence-electron chi connectivity index (χ3n) is 5.03. The zero-order valence-electron chi connectivity index (χ0n) is 13.8. The highest BCUT2D eigenvalue weighted by atomic mass is 16.3. The van der Waals surface area contributed by atoms with Gasteiger partial charge in [-0.3, -0.25) is 0 Å². The molecule has 0 radical (unpaired) electrons. The van der Waals surface area contributed by atoms with Gasteiger partial charge in [0.15, 0.2) is 5.65 Å². The van der Waals surface area contributed by atoms with Crippen molar-refractivity contribution in [3.8, 4) is 11.1 Å². The minimum absolute atomic E-state index is 0.185. The van der Waals surface area contributed by atoms with Crippen LogP contribution in [0, 0.1) is 0 Å². The van der Waals surface area contributed by atoms with E-state index in [4.69, 9.17) is 0 Å². The third-order valence-corrected chi connectivity index (χ3v) is 5.03. The Kier molecular flexibility index (Phi) is 3.24. The molecule has 2 N–H and O–H groups in total. The molecule has 1 saturated heterocycles. The van der Waals surface area contributed by atoms with Gasteiger partial charge in [-0.1, -0.05) is 6.07 Å². The Morgan fingerprint density at radius 1 is 1.12 bits per heavy atom. The largest absolute Gasteiger partial charge is 0.393 e. The summed E-state index contributed by atoms with van der Waals surface area (Å²) in [6.07, 6.45) is 7.08. The summed E-state index contributed by atoms with van der Waals surface area (Å²) in [5.41, 5.74) is 4.13. The van der Waals surface area contributed by atoms with Crippen LogP contribution in [0.3, 0.4) is 0 Å². The number of hydrogen-bond donors (Lipinski definition) is 2. The van der Waals surface area contributed by atoms with E-state index in [1.165, 1.54) is 5.39 Å². The minimum Gasteiger partial charge on any atom is -0.393 e. The van der Waals surface area contributed by atoms with E-state index in [0.29, 0.717) is 0 Å². The summed E-state index contributed by atoms with van der Waals surface area (Å²) >= 11 is 0. The van der Waals surface area contributed by atoms with Gasteiger partial charge < -0.3 is 15.0 Å². The molecule has 0 bridgehead atoms. The maximum absolute atomic E-state index is 9.74. The second-order valence-electron chi connectivity index (χ2n) is 6.59. The van der Waals surface area contributed by atoms with Crippen molar-refractivity contribution < 1.29 is 5.11 Å². The van der Waals surface area contributed by atoms with Crippen LogP contribution in [0.4, 0.5) is 5.82 Å². The van der Waals surface area contributed by atoms with Crippen LogP contribution in [-0.4, -0.2) is 43.9 Å². The lowest BCUT2D eigenvalue weighted by molar-refractivity contribution is 0.145. The number of aromatic amines is 1. The van der Waals surface area contributed by atoms with Crippen molar-refractivity contribution in [2.24, 2.45) is 0 Å². The van der Waals surface area contributed by atoms with E-state index in [-0.39, 0.29) is 6.10 Å². The molecule has 1 aliphatic rings. The Balaban J connectivity index is 1.60. The van der Waals surface area contributed by atoms with Crippen LogP contribution in [-0.2, 0) is 0 Å². The molecule has 0 spiro atoms. The van der Waals surface area contributed by atoms with E-state index >= 15 is 0 Å². The van der Waals surface area contributed by atoms with Crippen molar-refractivity contribution in [2.75, 3.05) is 18.0 Å². The zero-order valence-corrected chi connectivity index (χ0v) is 13.8. The second-order valence-corrected chi connectivity index (χ2v) is 6.59. The van der Waals surface area contributed by atoms with Crippen molar-refractivity contribution in [3.05, 3.63) is 48.9 Å². The number of fused-ring (bicyclic) bond motifs is 2.